The van der Waals surface area contributed by atoms with Crippen LogP contribution in [0.5, 0.6) is 0 Å². The highest BCUT2D eigenvalue weighted by atomic mass is 35.5. The summed E-state index contributed by atoms with van der Waals surface area (Å²) in [4.78, 5) is 28.1. The molecule has 6 rings (SSSR count). The zero-order chi connectivity index (χ0) is 30.7. The van der Waals surface area contributed by atoms with Crippen molar-refractivity contribution in [3.05, 3.63) is 98.6 Å². The molecule has 0 aliphatic carbocycles. The minimum Gasteiger partial charge on any atom is -0.438 e. The van der Waals surface area contributed by atoms with Crippen molar-refractivity contribution in [1.29, 1.82) is 0 Å². The largest absolute Gasteiger partial charge is 0.438 e. The summed E-state index contributed by atoms with van der Waals surface area (Å²) in [5.41, 5.74) is 4.02. The zero-order valence-electron chi connectivity index (χ0n) is 23.7. The second-order valence-corrected chi connectivity index (χ2v) is 12.5. The number of carbonyl (C=O) groups excluding carboxylic acids is 2. The number of nitrogens with one attached hydrogen (secondary N) is 2. The fraction of sp³-hybridized carbons (Fsp3) is 0.312. The fourth-order valence-corrected chi connectivity index (χ4v) is 6.74. The Morgan fingerprint density at radius 1 is 1.09 bits per heavy atom. The predicted molar refractivity (Wildman–Crippen MR) is 169 cm³/mol. The molecule has 2 amide bonds. The first kappa shape index (κ1) is 30.5. The summed E-state index contributed by atoms with van der Waals surface area (Å²) >= 11 is 13.8. The van der Waals surface area contributed by atoms with Gasteiger partial charge in [-0.1, -0.05) is 58.0 Å². The van der Waals surface area contributed by atoms with Gasteiger partial charge in [-0.15, -0.1) is 5.10 Å². The average molecular weight is 655 g/mol. The van der Waals surface area contributed by atoms with Crippen LogP contribution in [-0.2, 0) is 21.7 Å². The number of nitrogens with zero attached hydrogens (tertiary/aromatic N) is 3. The Balaban J connectivity index is 1.07. The maximum absolute atomic E-state index is 14.1. The van der Waals surface area contributed by atoms with E-state index in [2.05, 4.69) is 25.1 Å². The third kappa shape index (κ3) is 6.73. The van der Waals surface area contributed by atoms with Crippen molar-refractivity contribution in [3.63, 3.8) is 0 Å². The number of hydrogen-bond donors (Lipinski definition) is 2. The predicted octanol–water partition coefficient (Wildman–Crippen LogP) is 7.38. The van der Waals surface area contributed by atoms with E-state index in [-0.39, 0.29) is 11.7 Å². The second-order valence-electron chi connectivity index (χ2n) is 11.1. The monoisotopic (exact) mass is 653 g/mol. The van der Waals surface area contributed by atoms with E-state index in [1.165, 1.54) is 23.7 Å². The van der Waals surface area contributed by atoms with Gasteiger partial charge in [-0.05, 0) is 72.4 Å². The molecule has 1 saturated heterocycles. The standard InChI is InChI=1S/C32H30Cl2FN5O3S/c33-26-9-7-22(16-27(26)34)24(30(41)36-18-20-3-5-21(6-4-20)29-19-44-39-38-29)2-1-13-40-14-11-32(12-15-40)25-17-23(35)8-10-28(25)37-31(42)43-32/h3-10,16-17,19,24H,1-2,11-15,18H2,(H,36,41)(H,37,42). The van der Waals surface area contributed by atoms with E-state index in [1.54, 1.807) is 18.2 Å². The molecule has 0 bridgehead atoms. The topological polar surface area (TPSA) is 96.5 Å². The lowest BCUT2D eigenvalue weighted by Crippen LogP contribution is -2.48. The first-order valence-corrected chi connectivity index (χ1v) is 16.0. The number of benzene rings is 3. The number of piperidine rings is 1. The number of amides is 2. The number of anilines is 1. The van der Waals surface area contributed by atoms with E-state index < -0.39 is 17.6 Å². The van der Waals surface area contributed by atoms with Gasteiger partial charge in [0, 0.05) is 49.0 Å². The third-order valence-electron chi connectivity index (χ3n) is 8.37. The third-order valence-corrected chi connectivity index (χ3v) is 9.61. The normalized spacial score (nSPS) is 16.6. The van der Waals surface area contributed by atoms with Crippen molar-refractivity contribution in [2.45, 2.75) is 43.7 Å². The van der Waals surface area contributed by atoms with Crippen molar-refractivity contribution in [2.75, 3.05) is 25.0 Å². The number of halogens is 3. The Bertz CT molecular complexity index is 1650. The number of fused-ring (bicyclic) bond motifs is 2. The highest BCUT2D eigenvalue weighted by Crippen LogP contribution is 2.44. The molecule has 12 heteroatoms. The van der Waals surface area contributed by atoms with E-state index in [0.29, 0.717) is 60.2 Å². The van der Waals surface area contributed by atoms with Crippen molar-refractivity contribution in [2.24, 2.45) is 0 Å². The summed E-state index contributed by atoms with van der Waals surface area (Å²) in [5, 5.41) is 12.6. The fourth-order valence-electron chi connectivity index (χ4n) is 5.97. The van der Waals surface area contributed by atoms with Crippen LogP contribution in [0.1, 0.15) is 48.3 Å². The maximum Gasteiger partial charge on any atom is 0.412 e. The number of likely N-dealkylation sites (tertiary alicyclic amines) is 1. The molecule has 2 aliphatic rings. The molecule has 1 unspecified atom stereocenters. The smallest absolute Gasteiger partial charge is 0.412 e. The van der Waals surface area contributed by atoms with Gasteiger partial charge in [-0.25, -0.2) is 9.18 Å². The van der Waals surface area contributed by atoms with Crippen LogP contribution in [0.2, 0.25) is 10.0 Å². The molecule has 8 nitrogen and oxygen atoms in total. The quantitative estimate of drug-likeness (QED) is 0.196. The molecule has 1 atom stereocenters. The van der Waals surface area contributed by atoms with E-state index in [1.807, 2.05) is 35.7 Å². The minimum absolute atomic E-state index is 0.0889. The highest BCUT2D eigenvalue weighted by molar-refractivity contribution is 7.03. The first-order valence-electron chi connectivity index (χ1n) is 14.4. The lowest BCUT2D eigenvalue weighted by molar-refractivity contribution is -0.122. The van der Waals surface area contributed by atoms with E-state index in [0.717, 1.165) is 35.3 Å². The molecule has 1 spiro atoms. The van der Waals surface area contributed by atoms with Crippen LogP contribution >= 0.6 is 34.7 Å². The maximum atomic E-state index is 14.1. The number of hydrogen-bond acceptors (Lipinski definition) is 7. The van der Waals surface area contributed by atoms with Crippen LogP contribution in [0.15, 0.2) is 66.0 Å². The van der Waals surface area contributed by atoms with Crippen molar-refractivity contribution >= 4 is 52.4 Å². The van der Waals surface area contributed by atoms with Gasteiger partial charge in [0.1, 0.15) is 17.1 Å². The molecular weight excluding hydrogens is 624 g/mol. The molecule has 228 valence electrons. The Labute approximate surface area is 268 Å². The molecule has 4 aromatic rings. The molecule has 0 saturated carbocycles. The molecule has 0 radical (unpaired) electrons. The Morgan fingerprint density at radius 2 is 1.89 bits per heavy atom. The first-order chi connectivity index (χ1) is 21.3. The highest BCUT2D eigenvalue weighted by Gasteiger charge is 2.44. The number of carbonyl (C=O) groups is 2. The lowest BCUT2D eigenvalue weighted by Gasteiger charge is -2.44. The Kier molecular flexibility index (Phi) is 9.13. The van der Waals surface area contributed by atoms with Crippen LogP contribution in [-0.4, -0.2) is 46.1 Å². The Morgan fingerprint density at radius 3 is 2.61 bits per heavy atom. The number of ether oxygens (including phenoxy) is 1. The molecule has 3 heterocycles. The van der Waals surface area contributed by atoms with Crippen molar-refractivity contribution < 1.29 is 18.7 Å². The van der Waals surface area contributed by atoms with E-state index in [9.17, 15) is 14.0 Å². The van der Waals surface area contributed by atoms with Crippen molar-refractivity contribution in [3.8, 4) is 11.3 Å². The van der Waals surface area contributed by atoms with E-state index >= 15 is 0 Å². The Hall–Kier alpha value is -3.57. The van der Waals surface area contributed by atoms with Gasteiger partial charge in [-0.3, -0.25) is 10.1 Å². The zero-order valence-corrected chi connectivity index (χ0v) is 26.0. The SMILES string of the molecule is O=C1Nc2ccc(F)cc2C2(CCN(CCCC(C(=O)NCc3ccc(-c4csnn4)cc3)c3ccc(Cl)c(Cl)c3)CC2)O1. The minimum atomic E-state index is -0.839. The lowest BCUT2D eigenvalue weighted by atomic mass is 9.82. The summed E-state index contributed by atoms with van der Waals surface area (Å²) < 4.78 is 23.8. The summed E-state index contributed by atoms with van der Waals surface area (Å²) in [6.45, 7) is 2.51. The molecule has 3 aromatic carbocycles. The summed E-state index contributed by atoms with van der Waals surface area (Å²) in [5.74, 6) is -0.863. The molecule has 1 fully saturated rings. The van der Waals surface area contributed by atoms with Gasteiger partial charge in [0.15, 0.2) is 0 Å². The summed E-state index contributed by atoms with van der Waals surface area (Å²) in [6, 6.07) is 17.6. The van der Waals surface area contributed by atoms with Crippen LogP contribution in [0.4, 0.5) is 14.9 Å². The van der Waals surface area contributed by atoms with Gasteiger partial charge >= 0.3 is 6.09 Å². The molecule has 2 aliphatic heterocycles. The molecule has 44 heavy (non-hydrogen) atoms. The van der Waals surface area contributed by atoms with Gasteiger partial charge in [0.25, 0.3) is 0 Å². The molecule has 2 N–H and O–H groups in total. The van der Waals surface area contributed by atoms with Gasteiger partial charge < -0.3 is 15.0 Å². The molecule has 1 aromatic heterocycles. The van der Waals surface area contributed by atoms with Gasteiger partial charge in [0.05, 0.1) is 21.7 Å². The van der Waals surface area contributed by atoms with Crippen molar-refractivity contribution in [1.82, 2.24) is 19.8 Å². The van der Waals surface area contributed by atoms with Gasteiger partial charge in [0.2, 0.25) is 5.91 Å². The average Bonchev–Trinajstić information content (AvgIpc) is 3.57. The van der Waals surface area contributed by atoms with Crippen LogP contribution in [0, 0.1) is 5.82 Å². The van der Waals surface area contributed by atoms with Crippen LogP contribution in [0.3, 0.4) is 0 Å². The summed E-state index contributed by atoms with van der Waals surface area (Å²) in [7, 11) is 0. The van der Waals surface area contributed by atoms with E-state index in [4.69, 9.17) is 27.9 Å². The number of aromatic nitrogens is 2. The molecular formula is C32H30Cl2FN5O3S. The van der Waals surface area contributed by atoms with Crippen LogP contribution in [0.25, 0.3) is 11.3 Å². The second kappa shape index (κ2) is 13.2. The summed E-state index contributed by atoms with van der Waals surface area (Å²) in [6.07, 6.45) is 1.97. The van der Waals surface area contributed by atoms with Gasteiger partial charge in [-0.2, -0.15) is 0 Å². The van der Waals surface area contributed by atoms with Crippen LogP contribution < -0.4 is 10.6 Å². The number of rotatable bonds is 9.